The van der Waals surface area contributed by atoms with Crippen molar-refractivity contribution in [1.29, 1.82) is 0 Å². The second-order valence-electron chi connectivity index (χ2n) is 11.2. The van der Waals surface area contributed by atoms with E-state index in [1.165, 1.54) is 57.8 Å². The van der Waals surface area contributed by atoms with Gasteiger partial charge in [0.05, 0.1) is 13.0 Å². The van der Waals surface area contributed by atoms with Crippen LogP contribution in [0.15, 0.2) is 12.2 Å². The molecule has 0 aromatic carbocycles. The van der Waals surface area contributed by atoms with Gasteiger partial charge in [-0.1, -0.05) is 84.3 Å². The number of hydrogen-bond donors (Lipinski definition) is 5. The molecule has 0 saturated heterocycles. The number of rotatable bonds is 25. The van der Waals surface area contributed by atoms with E-state index in [9.17, 15) is 24.6 Å². The largest absolute Gasteiger partial charge is 0.481 e. The first-order valence-electron chi connectivity index (χ1n) is 14.9. The van der Waals surface area contributed by atoms with Crippen molar-refractivity contribution in [2.45, 2.75) is 142 Å². The van der Waals surface area contributed by atoms with Crippen LogP contribution in [-0.4, -0.2) is 58.4 Å². The first kappa shape index (κ1) is 36.1. The standard InChI is InChI=1S/C30H56N2O6/c1-4-5-6-7-8-9-10-11-12-13-14-15-16-17-18-21-26(34)31-22-19-20-25(23-27(35)36)32-29(38)28(37)30(2,3)24-33/h11-12,25,28,33,37H,4-10,13-24H2,1-3H3,(H,31,34)(H,32,38)(H,35,36). The van der Waals surface area contributed by atoms with Gasteiger partial charge in [0, 0.05) is 24.4 Å². The van der Waals surface area contributed by atoms with Crippen LogP contribution in [0.4, 0.5) is 0 Å². The number of amides is 2. The molecule has 0 saturated carbocycles. The van der Waals surface area contributed by atoms with Crippen molar-refractivity contribution in [2.24, 2.45) is 5.41 Å². The number of hydrogen-bond acceptors (Lipinski definition) is 5. The number of unbranched alkanes of at least 4 members (excludes halogenated alkanes) is 11. The lowest BCUT2D eigenvalue weighted by atomic mass is 9.87. The van der Waals surface area contributed by atoms with Crippen molar-refractivity contribution in [3.05, 3.63) is 12.2 Å². The maximum Gasteiger partial charge on any atom is 0.305 e. The van der Waals surface area contributed by atoms with Gasteiger partial charge in [0.25, 0.3) is 0 Å². The molecular weight excluding hydrogens is 484 g/mol. The fourth-order valence-corrected chi connectivity index (χ4v) is 4.18. The Bertz CT molecular complexity index is 665. The molecule has 0 fully saturated rings. The van der Waals surface area contributed by atoms with E-state index < -0.39 is 29.4 Å². The number of allylic oxidation sites excluding steroid dienone is 2. The normalized spacial score (nSPS) is 13.4. The summed E-state index contributed by atoms with van der Waals surface area (Å²) in [6, 6.07) is -0.661. The van der Waals surface area contributed by atoms with Gasteiger partial charge in [-0.3, -0.25) is 14.4 Å². The number of carboxylic acids is 1. The van der Waals surface area contributed by atoms with Crippen LogP contribution >= 0.6 is 0 Å². The fourth-order valence-electron chi connectivity index (χ4n) is 4.18. The molecule has 0 bridgehead atoms. The molecule has 0 spiro atoms. The van der Waals surface area contributed by atoms with Gasteiger partial charge in [-0.25, -0.2) is 0 Å². The predicted molar refractivity (Wildman–Crippen MR) is 153 cm³/mol. The highest BCUT2D eigenvalue weighted by Crippen LogP contribution is 2.20. The van der Waals surface area contributed by atoms with Gasteiger partial charge in [0.2, 0.25) is 11.8 Å². The van der Waals surface area contributed by atoms with Gasteiger partial charge in [-0.2, -0.15) is 0 Å². The molecule has 2 amide bonds. The molecule has 5 N–H and O–H groups in total. The number of aliphatic carboxylic acids is 1. The SMILES string of the molecule is CCCCCCCCC=CCCCCCCCC(=O)NCCCC(CC(=O)O)NC(=O)C(O)C(C)(C)CO. The third-order valence-electron chi connectivity index (χ3n) is 6.88. The summed E-state index contributed by atoms with van der Waals surface area (Å²) in [6.45, 7) is 5.37. The van der Waals surface area contributed by atoms with Crippen LogP contribution in [0.25, 0.3) is 0 Å². The van der Waals surface area contributed by atoms with Gasteiger partial charge in [0.15, 0.2) is 0 Å². The number of carbonyl (C=O) groups excluding carboxylic acids is 2. The molecule has 8 nitrogen and oxygen atoms in total. The maximum atomic E-state index is 12.3. The van der Waals surface area contributed by atoms with Gasteiger partial charge >= 0.3 is 5.97 Å². The third-order valence-corrected chi connectivity index (χ3v) is 6.88. The van der Waals surface area contributed by atoms with Crippen LogP contribution < -0.4 is 10.6 Å². The summed E-state index contributed by atoms with van der Waals surface area (Å²) >= 11 is 0. The first-order valence-corrected chi connectivity index (χ1v) is 14.9. The Hall–Kier alpha value is -1.93. The van der Waals surface area contributed by atoms with Crippen molar-refractivity contribution in [3.63, 3.8) is 0 Å². The zero-order valence-electron chi connectivity index (χ0n) is 24.3. The summed E-state index contributed by atoms with van der Waals surface area (Å²) < 4.78 is 0. The minimum absolute atomic E-state index is 0.0124. The Morgan fingerprint density at radius 1 is 0.842 bits per heavy atom. The summed E-state index contributed by atoms with van der Waals surface area (Å²) in [5.41, 5.74) is -1.03. The maximum absolute atomic E-state index is 12.3. The van der Waals surface area contributed by atoms with Gasteiger partial charge < -0.3 is 26.0 Å². The zero-order chi connectivity index (χ0) is 28.7. The van der Waals surface area contributed by atoms with Crippen LogP contribution in [0.1, 0.15) is 130 Å². The van der Waals surface area contributed by atoms with E-state index in [0.29, 0.717) is 25.8 Å². The number of aliphatic hydroxyl groups is 2. The van der Waals surface area contributed by atoms with Crippen LogP contribution in [0, 0.1) is 5.41 Å². The number of carbonyl (C=O) groups is 3. The minimum atomic E-state index is -1.45. The second kappa shape index (κ2) is 23.0. The summed E-state index contributed by atoms with van der Waals surface area (Å²) in [6.07, 6.45) is 20.0. The van der Waals surface area contributed by atoms with Gasteiger partial charge in [0.1, 0.15) is 6.10 Å². The lowest BCUT2D eigenvalue weighted by molar-refractivity contribution is -0.140. The molecule has 8 heteroatoms. The van der Waals surface area contributed by atoms with E-state index in [-0.39, 0.29) is 18.9 Å². The quantitative estimate of drug-likeness (QED) is 0.0792. The lowest BCUT2D eigenvalue weighted by Crippen LogP contribution is -2.49. The molecule has 0 aliphatic rings. The third kappa shape index (κ3) is 20.1. The van der Waals surface area contributed by atoms with Gasteiger partial charge in [-0.15, -0.1) is 0 Å². The molecule has 222 valence electrons. The van der Waals surface area contributed by atoms with Crippen molar-refractivity contribution in [2.75, 3.05) is 13.2 Å². The fraction of sp³-hybridized carbons (Fsp3) is 0.833. The highest BCUT2D eigenvalue weighted by Gasteiger charge is 2.34. The Morgan fingerprint density at radius 2 is 1.39 bits per heavy atom. The topological polar surface area (TPSA) is 136 Å². The Kier molecular flexibility index (Phi) is 21.8. The van der Waals surface area contributed by atoms with Crippen molar-refractivity contribution in [3.8, 4) is 0 Å². The monoisotopic (exact) mass is 540 g/mol. The Morgan fingerprint density at radius 3 is 1.95 bits per heavy atom. The van der Waals surface area contributed by atoms with Crippen molar-refractivity contribution < 1.29 is 29.7 Å². The lowest BCUT2D eigenvalue weighted by Gasteiger charge is -2.29. The van der Waals surface area contributed by atoms with E-state index in [0.717, 1.165) is 25.7 Å². The van der Waals surface area contributed by atoms with Gasteiger partial charge in [-0.05, 0) is 44.9 Å². The molecule has 0 radical (unpaired) electrons. The van der Waals surface area contributed by atoms with Crippen LogP contribution in [0.5, 0.6) is 0 Å². The highest BCUT2D eigenvalue weighted by molar-refractivity contribution is 5.82. The molecule has 2 unspecified atom stereocenters. The zero-order valence-corrected chi connectivity index (χ0v) is 24.3. The van der Waals surface area contributed by atoms with Crippen LogP contribution in [0.3, 0.4) is 0 Å². The smallest absolute Gasteiger partial charge is 0.305 e. The summed E-state index contributed by atoms with van der Waals surface area (Å²) in [4.78, 5) is 35.5. The Balaban J connectivity index is 3.87. The number of aliphatic hydroxyl groups excluding tert-OH is 2. The molecule has 0 heterocycles. The first-order chi connectivity index (χ1) is 18.1. The van der Waals surface area contributed by atoms with Crippen molar-refractivity contribution >= 4 is 17.8 Å². The van der Waals surface area contributed by atoms with E-state index in [1.807, 2.05) is 0 Å². The summed E-state index contributed by atoms with van der Waals surface area (Å²) in [5, 5.41) is 34.0. The molecule has 0 aliphatic carbocycles. The van der Waals surface area contributed by atoms with E-state index in [4.69, 9.17) is 5.11 Å². The molecule has 0 rings (SSSR count). The summed E-state index contributed by atoms with van der Waals surface area (Å²) in [7, 11) is 0. The molecule has 0 aromatic rings. The number of carboxylic acid groups (broad SMARTS) is 1. The van der Waals surface area contributed by atoms with Crippen LogP contribution in [0.2, 0.25) is 0 Å². The second-order valence-corrected chi connectivity index (χ2v) is 11.2. The van der Waals surface area contributed by atoms with E-state index >= 15 is 0 Å². The average Bonchev–Trinajstić information content (AvgIpc) is 2.87. The molecule has 0 aromatic heterocycles. The Labute approximate surface area is 231 Å². The molecule has 0 aliphatic heterocycles. The summed E-state index contributed by atoms with van der Waals surface area (Å²) in [5.74, 6) is -1.77. The molecule has 38 heavy (non-hydrogen) atoms. The highest BCUT2D eigenvalue weighted by atomic mass is 16.4. The average molecular weight is 541 g/mol. The predicted octanol–water partition coefficient (Wildman–Crippen LogP) is 5.26. The molecular formula is C30H56N2O6. The van der Waals surface area contributed by atoms with Crippen molar-refractivity contribution in [1.82, 2.24) is 10.6 Å². The van der Waals surface area contributed by atoms with E-state index in [1.54, 1.807) is 13.8 Å². The minimum Gasteiger partial charge on any atom is -0.481 e. The molecule has 2 atom stereocenters. The van der Waals surface area contributed by atoms with Crippen LogP contribution in [-0.2, 0) is 14.4 Å². The van der Waals surface area contributed by atoms with E-state index in [2.05, 4.69) is 29.7 Å². The number of nitrogens with one attached hydrogen (secondary N) is 2.